The number of ether oxygens (including phenoxy) is 20. The third-order valence-corrected chi connectivity index (χ3v) is 21.4. The Morgan fingerprint density at radius 1 is 0.197 bits per heavy atom. The number of methoxy groups -OCH3 is 2. The van der Waals surface area contributed by atoms with Crippen molar-refractivity contribution in [2.75, 3.05) is 146 Å². The van der Waals surface area contributed by atoms with Crippen molar-refractivity contribution in [1.82, 2.24) is 0 Å². The van der Waals surface area contributed by atoms with E-state index in [-0.39, 0.29) is 24.8 Å². The van der Waals surface area contributed by atoms with Crippen LogP contribution in [0.4, 0.5) is 0 Å². The molecule has 10 aliphatic heterocycles. The van der Waals surface area contributed by atoms with Crippen molar-refractivity contribution in [1.29, 1.82) is 0 Å². The van der Waals surface area contributed by atoms with Gasteiger partial charge >= 0.3 is 0 Å². The summed E-state index contributed by atoms with van der Waals surface area (Å²) in [6.45, 7) is 19.2. The lowest BCUT2D eigenvalue weighted by Crippen LogP contribution is -2.04. The summed E-state index contributed by atoms with van der Waals surface area (Å²) >= 11 is 0. The van der Waals surface area contributed by atoms with Gasteiger partial charge in [-0.2, -0.15) is 0 Å². The molecule has 0 saturated carbocycles. The van der Waals surface area contributed by atoms with Crippen molar-refractivity contribution in [2.45, 2.75) is 114 Å². The van der Waals surface area contributed by atoms with E-state index in [1.54, 1.807) is 14.2 Å². The molecule has 22 rings (SSSR count). The van der Waals surface area contributed by atoms with Crippen LogP contribution in [-0.2, 0) is 105 Å². The maximum absolute atomic E-state index is 5.65. The Morgan fingerprint density at radius 2 is 0.371 bits per heavy atom. The Morgan fingerprint density at radius 3 is 0.545 bits per heavy atom. The molecule has 12 aromatic carbocycles. The number of epoxide rings is 10. The van der Waals surface area contributed by atoms with Crippen LogP contribution in [0, 0.1) is 0 Å². The van der Waals surface area contributed by atoms with Gasteiger partial charge in [-0.1, -0.05) is 243 Å². The average molecular weight is 1790 g/mol. The van der Waals surface area contributed by atoms with Gasteiger partial charge in [0.25, 0.3) is 0 Å². The molecule has 0 bridgehead atoms. The molecule has 0 spiro atoms. The summed E-state index contributed by atoms with van der Waals surface area (Å²) in [6.07, 6.45) is 8.71. The zero-order valence-electron chi connectivity index (χ0n) is 76.3. The van der Waals surface area contributed by atoms with Crippen LogP contribution in [0.1, 0.15) is 80.6 Å². The van der Waals surface area contributed by atoms with Crippen LogP contribution in [0.5, 0.6) is 34.5 Å². The van der Waals surface area contributed by atoms with Crippen molar-refractivity contribution in [2.24, 2.45) is 0 Å². The molecule has 0 aliphatic carbocycles. The number of hydrogen-bond donors (Lipinski definition) is 0. The van der Waals surface area contributed by atoms with E-state index in [1.165, 1.54) is 66.8 Å². The lowest BCUT2D eigenvalue weighted by atomic mass is 9.99. The van der Waals surface area contributed by atoms with Crippen molar-refractivity contribution in [3.05, 3.63) is 382 Å². The zero-order valence-corrected chi connectivity index (χ0v) is 76.3. The Kier molecular flexibility index (Phi) is 39.8. The molecular formula is C112H126O20. The van der Waals surface area contributed by atoms with Crippen LogP contribution in [-0.4, -0.2) is 208 Å². The van der Waals surface area contributed by atoms with Gasteiger partial charge in [0.1, 0.15) is 136 Å². The summed E-state index contributed by atoms with van der Waals surface area (Å²) in [6, 6.07) is 110. The first-order chi connectivity index (χ1) is 65.1. The van der Waals surface area contributed by atoms with Crippen LogP contribution in [0.2, 0.25) is 0 Å². The maximum atomic E-state index is 5.65. The van der Waals surface area contributed by atoms with Gasteiger partial charge in [-0.05, 0) is 203 Å². The molecule has 12 aromatic rings. The van der Waals surface area contributed by atoms with Crippen molar-refractivity contribution in [3.8, 4) is 45.6 Å². The minimum absolute atomic E-state index is 0.148. The molecule has 694 valence electrons. The highest BCUT2D eigenvalue weighted by Crippen LogP contribution is 2.29. The SMILES string of the molecule is CCOC1CO1.CCOC1CO1.COCC1CO1.COCC1CO1.c1cc(-c2ccc(OCC3CO3)cc2)ccc1OCC1CO1.c1cc(OCC2CO2)ccc1Cc1ccc(OCC2CO2)cc1.c1cc(OCC2CO2)ccc1Cc1ccc(OCC2CO2)cc1.c1ccc(Cc2ccc(Cc3ccccc3)cc2)cc1.c1ccc(Cc2cccc(Cc3ccccc3)c2)cc1. The van der Waals surface area contributed by atoms with E-state index in [0.717, 1.165) is 177 Å². The summed E-state index contributed by atoms with van der Waals surface area (Å²) in [7, 11) is 3.36. The smallest absolute Gasteiger partial charge is 0.181 e. The van der Waals surface area contributed by atoms with Crippen LogP contribution in [0.25, 0.3) is 11.1 Å². The fraction of sp³-hybridized carbons (Fsp3) is 0.357. The Labute approximate surface area is 778 Å². The first-order valence-electron chi connectivity index (χ1n) is 46.1. The monoisotopic (exact) mass is 1790 g/mol. The summed E-state index contributed by atoms with van der Waals surface area (Å²) in [5.41, 5.74) is 18.3. The molecule has 10 heterocycles. The zero-order chi connectivity index (χ0) is 90.6. The van der Waals surface area contributed by atoms with Gasteiger partial charge in [-0.25, -0.2) is 0 Å². The first-order valence-corrected chi connectivity index (χ1v) is 46.1. The molecular weight excluding hydrogens is 1670 g/mol. The number of rotatable bonds is 39. The topological polar surface area (TPSA) is 218 Å². The standard InChI is InChI=1S/2C20H18.2C19H20O4.C18H18O4.4C4H8O2/c1-3-8-17(9-4-1)14-19-12-7-13-20(16-19)15-18-10-5-2-6-11-18;1-3-7-17(8-4-1)15-19-11-13-20(14-12-19)16-18-9-5-2-6-10-18;2*1-5-16(20-10-18-12-22-18)6-2-14(1)9-15-3-7-17(8-4-15)21-11-19-13-23-19;1-5-15(19-9-17-11-21-17)6-2-13(1)14-3-7-16(8-4-14)20-10-18-12-22-18;2*1-5-2-4-3-6-4;2*1-2-5-4-3-6-4/h1-13,16H,14-15H2;1-14H,15-16H2;2*1-8,18-19H,9-13H2;1-8,17-18H,9-12H2;4*4H,2-3H2,1H3. The highest BCUT2D eigenvalue weighted by molar-refractivity contribution is 5.65. The Bertz CT molecular complexity index is 4640. The fourth-order valence-corrected chi connectivity index (χ4v) is 13.2. The molecule has 10 saturated heterocycles. The van der Waals surface area contributed by atoms with Crippen molar-refractivity contribution in [3.63, 3.8) is 0 Å². The third kappa shape index (κ3) is 40.9. The second-order valence-electron chi connectivity index (χ2n) is 33.1. The van der Waals surface area contributed by atoms with Crippen LogP contribution in [0.15, 0.2) is 315 Å². The minimum Gasteiger partial charge on any atom is -0.491 e. The maximum Gasteiger partial charge on any atom is 0.181 e. The van der Waals surface area contributed by atoms with Crippen molar-refractivity contribution < 1.29 is 94.7 Å². The molecule has 10 fully saturated rings. The van der Waals surface area contributed by atoms with Gasteiger partial charge < -0.3 is 94.7 Å². The summed E-state index contributed by atoms with van der Waals surface area (Å²) in [5, 5.41) is 0. The summed E-state index contributed by atoms with van der Waals surface area (Å²) in [4.78, 5) is 0. The second kappa shape index (κ2) is 54.2. The molecule has 20 nitrogen and oxygen atoms in total. The van der Waals surface area contributed by atoms with Crippen molar-refractivity contribution >= 4 is 0 Å². The van der Waals surface area contributed by atoms with Gasteiger partial charge in [-0.3, -0.25) is 0 Å². The quantitative estimate of drug-likeness (QED) is 0.0327. The molecule has 0 radical (unpaired) electrons. The first kappa shape index (κ1) is 96.9. The molecule has 0 N–H and O–H groups in total. The van der Waals surface area contributed by atoms with E-state index in [2.05, 4.69) is 243 Å². The van der Waals surface area contributed by atoms with Gasteiger partial charge in [0.2, 0.25) is 0 Å². The lowest BCUT2D eigenvalue weighted by Gasteiger charge is -2.08. The third-order valence-electron chi connectivity index (χ3n) is 21.4. The highest BCUT2D eigenvalue weighted by atomic mass is 16.8. The van der Waals surface area contributed by atoms with Gasteiger partial charge in [0.05, 0.1) is 66.1 Å². The normalized spacial score (nSPS) is 20.0. The van der Waals surface area contributed by atoms with Gasteiger partial charge in [-0.15, -0.1) is 0 Å². The summed E-state index contributed by atoms with van der Waals surface area (Å²) < 4.78 is 103. The molecule has 132 heavy (non-hydrogen) atoms. The molecule has 10 aliphatic rings. The molecule has 0 amide bonds. The predicted octanol–water partition coefficient (Wildman–Crippen LogP) is 19.1. The van der Waals surface area contributed by atoms with Crippen LogP contribution in [0.3, 0.4) is 0 Å². The largest absolute Gasteiger partial charge is 0.491 e. The predicted molar refractivity (Wildman–Crippen MR) is 511 cm³/mol. The summed E-state index contributed by atoms with van der Waals surface area (Å²) in [5.74, 6) is 5.35. The van der Waals surface area contributed by atoms with E-state index in [0.29, 0.717) is 76.3 Å². The lowest BCUT2D eigenvalue weighted by molar-refractivity contribution is 0.0590. The number of benzene rings is 12. The van der Waals surface area contributed by atoms with Gasteiger partial charge in [0.15, 0.2) is 12.6 Å². The Balaban J connectivity index is 0.000000124. The highest BCUT2D eigenvalue weighted by Gasteiger charge is 2.29. The van der Waals surface area contributed by atoms with Crippen LogP contribution >= 0.6 is 0 Å². The van der Waals surface area contributed by atoms with Gasteiger partial charge in [0, 0.05) is 27.4 Å². The molecule has 0 aromatic heterocycles. The Hall–Kier alpha value is -11.1. The van der Waals surface area contributed by atoms with E-state index in [1.807, 2.05) is 86.6 Å². The average Bonchev–Trinajstić information content (AvgIpc) is 1.59. The fourth-order valence-electron chi connectivity index (χ4n) is 13.2. The molecule has 20 heteroatoms. The number of hydrogen-bond acceptors (Lipinski definition) is 20. The van der Waals surface area contributed by atoms with E-state index in [9.17, 15) is 0 Å². The van der Waals surface area contributed by atoms with E-state index < -0.39 is 0 Å². The van der Waals surface area contributed by atoms with E-state index >= 15 is 0 Å². The van der Waals surface area contributed by atoms with E-state index in [4.69, 9.17) is 94.7 Å². The molecule has 10 unspecified atom stereocenters. The second-order valence-corrected chi connectivity index (χ2v) is 33.1. The van der Waals surface area contributed by atoms with Crippen LogP contribution < -0.4 is 28.4 Å². The minimum atomic E-state index is 0.148. The molecule has 10 atom stereocenters.